The standard InChI is InChI=1S/C46H70Br2N2O2S2/c1-5-9-11-17-25-35(23-7-3)27-19-13-15-21-33-49-43(37-29-31-39(47)53-37)41-42(45(49)51)44(38-30-32-40(48)54-38)50(46(41)52)34-22-16-14-20-28-36(24-8-4)26-18-12-10-6-2/h29-32,35-36H,5-28,33-34H2,1-4H3. The summed E-state index contributed by atoms with van der Waals surface area (Å²) in [5.74, 6) is 1.71. The van der Waals surface area contributed by atoms with Crippen LogP contribution in [0.15, 0.2) is 43.0 Å². The molecule has 0 fully saturated rings. The summed E-state index contributed by atoms with van der Waals surface area (Å²) in [5.41, 5.74) is 2.87. The summed E-state index contributed by atoms with van der Waals surface area (Å²) >= 11 is 10.6. The summed E-state index contributed by atoms with van der Waals surface area (Å²) in [6.07, 6.45) is 30.6. The third kappa shape index (κ3) is 13.4. The van der Waals surface area contributed by atoms with Crippen molar-refractivity contribution in [1.82, 2.24) is 9.80 Å². The first kappa shape index (κ1) is 45.5. The van der Waals surface area contributed by atoms with E-state index >= 15 is 0 Å². The molecule has 4 heterocycles. The molecular weight excluding hydrogens is 836 g/mol. The number of hydrogen-bond acceptors (Lipinski definition) is 4. The molecule has 4 rings (SSSR count). The Morgan fingerprint density at radius 2 is 0.815 bits per heavy atom. The first-order chi connectivity index (χ1) is 26.3. The lowest BCUT2D eigenvalue weighted by Crippen LogP contribution is -2.30. The summed E-state index contributed by atoms with van der Waals surface area (Å²) in [6, 6.07) is 8.22. The number of rotatable bonds is 30. The van der Waals surface area contributed by atoms with Gasteiger partial charge in [0.25, 0.3) is 11.8 Å². The van der Waals surface area contributed by atoms with Crippen LogP contribution in [-0.4, -0.2) is 34.7 Å². The van der Waals surface area contributed by atoms with Crippen molar-refractivity contribution in [1.29, 1.82) is 0 Å². The van der Waals surface area contributed by atoms with Gasteiger partial charge in [-0.05, 0) is 80.8 Å². The maximum Gasteiger partial charge on any atom is 0.261 e. The highest BCUT2D eigenvalue weighted by molar-refractivity contribution is 9.11. The maximum atomic E-state index is 14.6. The van der Waals surface area contributed by atoms with Crippen LogP contribution in [0.2, 0.25) is 0 Å². The molecule has 2 aliphatic rings. The number of fused-ring (bicyclic) bond motifs is 1. The van der Waals surface area contributed by atoms with E-state index in [2.05, 4.69) is 71.7 Å². The molecule has 2 atom stereocenters. The molecular formula is C46H70Br2N2O2S2. The highest BCUT2D eigenvalue weighted by Crippen LogP contribution is 2.49. The number of unbranched alkanes of at least 4 members (excludes halogenated alkanes) is 12. The van der Waals surface area contributed by atoms with Crippen LogP contribution in [0, 0.1) is 11.8 Å². The molecule has 0 bridgehead atoms. The maximum absolute atomic E-state index is 14.6. The quantitative estimate of drug-likeness (QED) is 0.0733. The highest BCUT2D eigenvalue weighted by atomic mass is 79.9. The third-order valence-corrected chi connectivity index (χ3v) is 14.9. The lowest BCUT2D eigenvalue weighted by molar-refractivity contribution is -0.124. The average molecular weight is 907 g/mol. The molecule has 2 aromatic rings. The van der Waals surface area contributed by atoms with E-state index in [9.17, 15) is 9.59 Å². The van der Waals surface area contributed by atoms with Gasteiger partial charge in [-0.25, -0.2) is 0 Å². The number of amides is 2. The molecule has 0 saturated carbocycles. The smallest absolute Gasteiger partial charge is 0.261 e. The second kappa shape index (κ2) is 25.2. The number of halogens is 2. The first-order valence-corrected chi connectivity index (χ1v) is 25.2. The van der Waals surface area contributed by atoms with Gasteiger partial charge in [0.2, 0.25) is 0 Å². The normalized spacial score (nSPS) is 15.7. The molecule has 0 N–H and O–H groups in total. The lowest BCUT2D eigenvalue weighted by Gasteiger charge is -2.24. The summed E-state index contributed by atoms with van der Waals surface area (Å²) in [6.45, 7) is 10.5. The van der Waals surface area contributed by atoms with Crippen molar-refractivity contribution in [2.75, 3.05) is 13.1 Å². The molecule has 54 heavy (non-hydrogen) atoms. The minimum atomic E-state index is -0.00381. The number of nitrogens with zero attached hydrogens (tertiary/aromatic N) is 2. The van der Waals surface area contributed by atoms with Crippen LogP contribution in [0.3, 0.4) is 0 Å². The largest absolute Gasteiger partial charge is 0.306 e. The highest BCUT2D eigenvalue weighted by Gasteiger charge is 2.49. The number of thiophene rings is 2. The van der Waals surface area contributed by atoms with Crippen molar-refractivity contribution in [2.45, 2.75) is 182 Å². The van der Waals surface area contributed by atoms with E-state index in [0.29, 0.717) is 24.2 Å². The van der Waals surface area contributed by atoms with Gasteiger partial charge >= 0.3 is 0 Å². The molecule has 0 saturated heterocycles. The van der Waals surface area contributed by atoms with Gasteiger partial charge in [0.05, 0.1) is 39.9 Å². The summed E-state index contributed by atoms with van der Waals surface area (Å²) in [4.78, 5) is 35.0. The Morgan fingerprint density at radius 1 is 0.463 bits per heavy atom. The molecule has 0 aromatic carbocycles. The second-order valence-corrected chi connectivity index (χ2v) is 20.9. The Hall–Kier alpha value is -1.22. The summed E-state index contributed by atoms with van der Waals surface area (Å²) in [7, 11) is 0. The molecule has 0 radical (unpaired) electrons. The van der Waals surface area contributed by atoms with E-state index < -0.39 is 0 Å². The zero-order chi connectivity index (χ0) is 38.7. The van der Waals surface area contributed by atoms with Gasteiger partial charge in [-0.15, -0.1) is 22.7 Å². The van der Waals surface area contributed by atoms with E-state index in [1.54, 1.807) is 22.7 Å². The topological polar surface area (TPSA) is 40.6 Å². The number of hydrogen-bond donors (Lipinski definition) is 0. The van der Waals surface area contributed by atoms with E-state index in [-0.39, 0.29) is 11.8 Å². The van der Waals surface area contributed by atoms with Crippen LogP contribution >= 0.6 is 54.5 Å². The van der Waals surface area contributed by atoms with Crippen LogP contribution in [-0.2, 0) is 9.59 Å². The van der Waals surface area contributed by atoms with Crippen LogP contribution in [0.5, 0.6) is 0 Å². The molecule has 2 aromatic heterocycles. The minimum absolute atomic E-state index is 0.00381. The van der Waals surface area contributed by atoms with Crippen LogP contribution in [0.25, 0.3) is 11.4 Å². The number of carbonyl (C=O) groups is 2. The fourth-order valence-electron chi connectivity index (χ4n) is 8.73. The molecule has 302 valence electrons. The van der Waals surface area contributed by atoms with Crippen LogP contribution in [0.1, 0.15) is 192 Å². The van der Waals surface area contributed by atoms with Gasteiger partial charge in [0, 0.05) is 13.1 Å². The van der Waals surface area contributed by atoms with Gasteiger partial charge in [-0.1, -0.05) is 169 Å². The zero-order valence-corrected chi connectivity index (χ0v) is 38.9. The fourth-order valence-corrected chi connectivity index (χ4v) is 11.6. The van der Waals surface area contributed by atoms with Gasteiger partial charge < -0.3 is 9.80 Å². The zero-order valence-electron chi connectivity index (χ0n) is 34.1. The predicted octanol–water partition coefficient (Wildman–Crippen LogP) is 15.8. The van der Waals surface area contributed by atoms with Crippen molar-refractivity contribution < 1.29 is 9.59 Å². The monoisotopic (exact) mass is 904 g/mol. The predicted molar refractivity (Wildman–Crippen MR) is 242 cm³/mol. The van der Waals surface area contributed by atoms with Crippen molar-refractivity contribution in [3.63, 3.8) is 0 Å². The molecule has 0 aliphatic carbocycles. The minimum Gasteiger partial charge on any atom is -0.306 e. The Bertz CT molecular complexity index is 1380. The van der Waals surface area contributed by atoms with E-state index in [0.717, 1.165) is 66.2 Å². The van der Waals surface area contributed by atoms with Crippen molar-refractivity contribution in [3.05, 3.63) is 52.7 Å². The summed E-state index contributed by atoms with van der Waals surface area (Å²) < 4.78 is 2.03. The van der Waals surface area contributed by atoms with Crippen molar-refractivity contribution >= 4 is 77.7 Å². The lowest BCUT2D eigenvalue weighted by atomic mass is 9.91. The molecule has 0 spiro atoms. The Balaban J connectivity index is 1.41. The van der Waals surface area contributed by atoms with Crippen LogP contribution < -0.4 is 0 Å². The SMILES string of the molecule is CCCCCCC(CCC)CCCCCCN1C(=O)C2=C(c3ccc(Br)s3)N(CCCCCCC(CCC)CCCCCC)C(=O)C2=C1c1ccc(Br)s1. The van der Waals surface area contributed by atoms with Crippen molar-refractivity contribution in [2.24, 2.45) is 11.8 Å². The first-order valence-electron chi connectivity index (χ1n) is 22.0. The molecule has 2 unspecified atom stereocenters. The molecule has 8 heteroatoms. The molecule has 4 nitrogen and oxygen atoms in total. The molecule has 2 aliphatic heterocycles. The number of carbonyl (C=O) groups excluding carboxylic acids is 2. The fraction of sp³-hybridized carbons (Fsp3) is 0.696. The average Bonchev–Trinajstić information content (AvgIpc) is 3.92. The van der Waals surface area contributed by atoms with Gasteiger partial charge in [0.1, 0.15) is 0 Å². The van der Waals surface area contributed by atoms with Gasteiger partial charge in [-0.2, -0.15) is 0 Å². The second-order valence-electron chi connectivity index (χ2n) is 16.0. The van der Waals surface area contributed by atoms with Gasteiger partial charge in [0.15, 0.2) is 0 Å². The third-order valence-electron chi connectivity index (χ3n) is 11.6. The van der Waals surface area contributed by atoms with E-state index in [4.69, 9.17) is 0 Å². The Morgan fingerprint density at radius 3 is 1.13 bits per heavy atom. The summed E-state index contributed by atoms with van der Waals surface area (Å²) in [5, 5.41) is 0. The molecule has 2 amide bonds. The van der Waals surface area contributed by atoms with Gasteiger partial charge in [-0.3, -0.25) is 9.59 Å². The Kier molecular flexibility index (Phi) is 21.2. The Labute approximate surface area is 354 Å². The van der Waals surface area contributed by atoms with E-state index in [1.165, 1.54) is 128 Å². The van der Waals surface area contributed by atoms with Crippen LogP contribution in [0.4, 0.5) is 0 Å². The van der Waals surface area contributed by atoms with Crippen molar-refractivity contribution in [3.8, 4) is 0 Å². The van der Waals surface area contributed by atoms with E-state index in [1.807, 2.05) is 21.9 Å².